The molecule has 5 heteroatoms. The number of benzene rings is 1. The van der Waals surface area contributed by atoms with E-state index in [4.69, 9.17) is 4.74 Å². The van der Waals surface area contributed by atoms with Gasteiger partial charge in [0.2, 0.25) is 0 Å². The van der Waals surface area contributed by atoms with Crippen molar-refractivity contribution in [2.45, 2.75) is 64.6 Å². The van der Waals surface area contributed by atoms with Gasteiger partial charge in [-0.05, 0) is 63.8 Å². The van der Waals surface area contributed by atoms with Crippen molar-refractivity contribution < 1.29 is 19.4 Å². The van der Waals surface area contributed by atoms with Crippen LogP contribution in [0.3, 0.4) is 0 Å². The van der Waals surface area contributed by atoms with E-state index in [0.717, 1.165) is 18.6 Å². The smallest absolute Gasteiger partial charge is 0.311 e. The van der Waals surface area contributed by atoms with Crippen molar-refractivity contribution in [2.24, 2.45) is 5.41 Å². The molecule has 24 heavy (non-hydrogen) atoms. The Hall–Kier alpha value is -2.04. The maximum Gasteiger partial charge on any atom is 0.311 e. The second-order valence-corrected chi connectivity index (χ2v) is 7.17. The second-order valence-electron chi connectivity index (χ2n) is 7.17. The molecule has 1 aromatic carbocycles. The maximum atomic E-state index is 13.0. The van der Waals surface area contributed by atoms with Crippen molar-refractivity contribution >= 4 is 11.9 Å². The molecular weight excluding hydrogens is 306 g/mol. The monoisotopic (exact) mass is 331 g/mol. The molecule has 130 valence electrons. The molecule has 1 amide bonds. The van der Waals surface area contributed by atoms with Crippen molar-refractivity contribution in [1.29, 1.82) is 0 Å². The van der Waals surface area contributed by atoms with Gasteiger partial charge in [-0.25, -0.2) is 0 Å². The van der Waals surface area contributed by atoms with E-state index in [1.54, 1.807) is 24.3 Å². The first-order valence-electron chi connectivity index (χ1n) is 8.72. The van der Waals surface area contributed by atoms with Gasteiger partial charge in [0.05, 0.1) is 11.5 Å². The van der Waals surface area contributed by atoms with E-state index in [0.29, 0.717) is 18.4 Å². The highest BCUT2D eigenvalue weighted by atomic mass is 16.5. The molecule has 2 bridgehead atoms. The molecule has 3 atom stereocenters. The minimum atomic E-state index is -0.779. The minimum absolute atomic E-state index is 0.0464. The van der Waals surface area contributed by atoms with Crippen molar-refractivity contribution in [3.63, 3.8) is 0 Å². The fourth-order valence-electron chi connectivity index (χ4n) is 4.35. The summed E-state index contributed by atoms with van der Waals surface area (Å²) in [7, 11) is 0. The SMILES string of the molecule is CC[C@@]1(C(=O)O)C[C@@H]2CC[C@H]1N2C(=O)c1ccc(OC(C)C)cc1. The predicted octanol–water partition coefficient (Wildman–Crippen LogP) is 3.33. The lowest BCUT2D eigenvalue weighted by atomic mass is 9.72. The van der Waals surface area contributed by atoms with Gasteiger partial charge in [-0.15, -0.1) is 0 Å². The number of carboxylic acid groups (broad SMARTS) is 1. The Balaban J connectivity index is 1.82. The van der Waals surface area contributed by atoms with Crippen LogP contribution in [0, 0.1) is 5.41 Å². The summed E-state index contributed by atoms with van der Waals surface area (Å²) in [5.74, 6) is -0.0924. The average Bonchev–Trinajstić information content (AvgIpc) is 3.10. The third kappa shape index (κ3) is 2.56. The molecule has 0 unspecified atom stereocenters. The molecule has 0 saturated carbocycles. The Morgan fingerprint density at radius 3 is 2.46 bits per heavy atom. The number of carboxylic acids is 1. The van der Waals surface area contributed by atoms with Crippen molar-refractivity contribution in [1.82, 2.24) is 4.90 Å². The summed E-state index contributed by atoms with van der Waals surface area (Å²) in [6.45, 7) is 5.82. The lowest BCUT2D eigenvalue weighted by Crippen LogP contribution is -2.44. The molecule has 2 fully saturated rings. The molecule has 0 aliphatic carbocycles. The second kappa shape index (κ2) is 6.11. The highest BCUT2D eigenvalue weighted by molar-refractivity contribution is 5.96. The maximum absolute atomic E-state index is 13.0. The summed E-state index contributed by atoms with van der Waals surface area (Å²) in [4.78, 5) is 26.6. The van der Waals surface area contributed by atoms with Gasteiger partial charge < -0.3 is 14.7 Å². The molecule has 2 saturated heterocycles. The highest BCUT2D eigenvalue weighted by Crippen LogP contribution is 2.52. The van der Waals surface area contributed by atoms with Crippen LogP contribution in [0.2, 0.25) is 0 Å². The Morgan fingerprint density at radius 1 is 1.29 bits per heavy atom. The molecule has 1 N–H and O–H groups in total. The number of amides is 1. The van der Waals surface area contributed by atoms with E-state index in [1.807, 2.05) is 25.7 Å². The molecule has 0 aromatic heterocycles. The largest absolute Gasteiger partial charge is 0.491 e. The molecule has 2 heterocycles. The summed E-state index contributed by atoms with van der Waals surface area (Å²) < 4.78 is 5.61. The van der Waals surface area contributed by atoms with Gasteiger partial charge in [-0.3, -0.25) is 9.59 Å². The van der Waals surface area contributed by atoms with Crippen LogP contribution in [0.1, 0.15) is 56.8 Å². The lowest BCUT2D eigenvalue weighted by Gasteiger charge is -2.32. The van der Waals surface area contributed by atoms with Crippen LogP contribution in [-0.4, -0.2) is 40.1 Å². The number of hydrogen-bond acceptors (Lipinski definition) is 3. The first-order chi connectivity index (χ1) is 11.4. The predicted molar refractivity (Wildman–Crippen MR) is 90.2 cm³/mol. The summed E-state index contributed by atoms with van der Waals surface area (Å²) in [6.07, 6.45) is 2.91. The highest BCUT2D eigenvalue weighted by Gasteiger charge is 2.60. The third-order valence-corrected chi connectivity index (χ3v) is 5.50. The molecule has 0 radical (unpaired) electrons. The molecule has 2 aliphatic rings. The molecule has 5 nitrogen and oxygen atoms in total. The van der Waals surface area contributed by atoms with Gasteiger partial charge in [0.25, 0.3) is 5.91 Å². The number of hydrogen-bond donors (Lipinski definition) is 1. The van der Waals surface area contributed by atoms with Crippen LogP contribution in [0.25, 0.3) is 0 Å². The normalized spacial score (nSPS) is 28.4. The van der Waals surface area contributed by atoms with Gasteiger partial charge in [-0.1, -0.05) is 6.92 Å². The summed E-state index contributed by atoms with van der Waals surface area (Å²) >= 11 is 0. The van der Waals surface area contributed by atoms with Gasteiger partial charge in [0.15, 0.2) is 0 Å². The van der Waals surface area contributed by atoms with Crippen LogP contribution in [0.4, 0.5) is 0 Å². The first kappa shape index (κ1) is 16.8. The van der Waals surface area contributed by atoms with Crippen molar-refractivity contribution in [3.05, 3.63) is 29.8 Å². The molecule has 2 aliphatic heterocycles. The first-order valence-corrected chi connectivity index (χ1v) is 8.72. The van der Waals surface area contributed by atoms with Crippen LogP contribution < -0.4 is 4.74 Å². The summed E-state index contributed by atoms with van der Waals surface area (Å²) in [5.41, 5.74) is -0.181. The minimum Gasteiger partial charge on any atom is -0.491 e. The fourth-order valence-corrected chi connectivity index (χ4v) is 4.35. The standard InChI is InChI=1S/C19H25NO4/c1-4-19(18(22)23)11-14-7-10-16(19)20(14)17(21)13-5-8-15(9-6-13)24-12(2)3/h5-6,8-9,12,14,16H,4,7,10-11H2,1-3H3,(H,22,23)/t14-,16+,19+/m0/s1. The zero-order valence-electron chi connectivity index (χ0n) is 14.5. The Morgan fingerprint density at radius 2 is 1.96 bits per heavy atom. The van der Waals surface area contributed by atoms with Crippen LogP contribution in [-0.2, 0) is 4.79 Å². The summed E-state index contributed by atoms with van der Waals surface area (Å²) in [6, 6.07) is 7.00. The quantitative estimate of drug-likeness (QED) is 0.898. The van der Waals surface area contributed by atoms with Crippen LogP contribution >= 0.6 is 0 Å². The van der Waals surface area contributed by atoms with Crippen LogP contribution in [0.15, 0.2) is 24.3 Å². The topological polar surface area (TPSA) is 66.8 Å². The zero-order valence-corrected chi connectivity index (χ0v) is 14.5. The van der Waals surface area contributed by atoms with Crippen molar-refractivity contribution in [3.8, 4) is 5.75 Å². The number of aliphatic carboxylic acids is 1. The van der Waals surface area contributed by atoms with E-state index in [9.17, 15) is 14.7 Å². The van der Waals surface area contributed by atoms with Gasteiger partial charge in [-0.2, -0.15) is 0 Å². The molecular formula is C19H25NO4. The Bertz CT molecular complexity index is 639. The molecule has 1 aromatic rings. The number of carbonyl (C=O) groups excluding carboxylic acids is 1. The van der Waals surface area contributed by atoms with Gasteiger partial charge >= 0.3 is 5.97 Å². The van der Waals surface area contributed by atoms with Gasteiger partial charge in [0, 0.05) is 17.6 Å². The van der Waals surface area contributed by atoms with E-state index in [1.165, 1.54) is 0 Å². The summed E-state index contributed by atoms with van der Waals surface area (Å²) in [5, 5.41) is 9.72. The fraction of sp³-hybridized carbons (Fsp3) is 0.579. The van der Waals surface area contributed by atoms with Crippen LogP contribution in [0.5, 0.6) is 5.75 Å². The van der Waals surface area contributed by atoms with Gasteiger partial charge in [0.1, 0.15) is 5.75 Å². The van der Waals surface area contributed by atoms with Crippen molar-refractivity contribution in [2.75, 3.05) is 0 Å². The number of nitrogens with zero attached hydrogens (tertiary/aromatic N) is 1. The lowest BCUT2D eigenvalue weighted by molar-refractivity contribution is -0.151. The average molecular weight is 331 g/mol. The van der Waals surface area contributed by atoms with E-state index in [-0.39, 0.29) is 24.1 Å². The number of rotatable bonds is 5. The van der Waals surface area contributed by atoms with E-state index < -0.39 is 11.4 Å². The number of ether oxygens (including phenoxy) is 1. The number of carbonyl (C=O) groups is 2. The van der Waals surface area contributed by atoms with E-state index in [2.05, 4.69) is 0 Å². The molecule has 3 rings (SSSR count). The molecule has 0 spiro atoms. The Labute approximate surface area is 142 Å². The zero-order chi connectivity index (χ0) is 17.5. The number of fused-ring (bicyclic) bond motifs is 2. The van der Waals surface area contributed by atoms with E-state index >= 15 is 0 Å². The Kier molecular flexibility index (Phi) is 4.28. The third-order valence-electron chi connectivity index (χ3n) is 5.50.